The molecule has 1 aromatic heterocycles. The van der Waals surface area contributed by atoms with E-state index in [1.807, 2.05) is 31.2 Å². The molecule has 0 unspecified atom stereocenters. The van der Waals surface area contributed by atoms with Gasteiger partial charge in [0.15, 0.2) is 0 Å². The lowest BCUT2D eigenvalue weighted by Gasteiger charge is -2.07. The SMILES string of the molecule is COc1ccc(S(=O)(=O)NCCC(=O)Nc2nnc(-c3cccc(C)c3)s2)cc1. The van der Waals surface area contributed by atoms with Gasteiger partial charge in [0.2, 0.25) is 21.1 Å². The van der Waals surface area contributed by atoms with Gasteiger partial charge in [0.1, 0.15) is 10.8 Å². The van der Waals surface area contributed by atoms with Gasteiger partial charge in [-0.15, -0.1) is 10.2 Å². The van der Waals surface area contributed by atoms with Crippen LogP contribution in [0.1, 0.15) is 12.0 Å². The molecule has 0 radical (unpaired) electrons. The highest BCUT2D eigenvalue weighted by molar-refractivity contribution is 7.89. The number of carbonyl (C=O) groups is 1. The van der Waals surface area contributed by atoms with Crippen molar-refractivity contribution in [2.45, 2.75) is 18.2 Å². The van der Waals surface area contributed by atoms with Crippen molar-refractivity contribution in [1.82, 2.24) is 14.9 Å². The molecule has 2 N–H and O–H groups in total. The van der Waals surface area contributed by atoms with Gasteiger partial charge >= 0.3 is 0 Å². The van der Waals surface area contributed by atoms with E-state index in [1.54, 1.807) is 12.1 Å². The molecule has 8 nitrogen and oxygen atoms in total. The molecule has 0 saturated carbocycles. The molecule has 0 bridgehead atoms. The Morgan fingerprint density at radius 3 is 2.59 bits per heavy atom. The Bertz CT molecular complexity index is 1100. The summed E-state index contributed by atoms with van der Waals surface area (Å²) < 4.78 is 31.9. The van der Waals surface area contributed by atoms with Crippen molar-refractivity contribution in [1.29, 1.82) is 0 Å². The highest BCUT2D eigenvalue weighted by atomic mass is 32.2. The topological polar surface area (TPSA) is 110 Å². The van der Waals surface area contributed by atoms with E-state index < -0.39 is 10.0 Å². The number of carbonyl (C=O) groups excluding carboxylic acids is 1. The Morgan fingerprint density at radius 2 is 1.90 bits per heavy atom. The van der Waals surface area contributed by atoms with Crippen LogP contribution in [0.4, 0.5) is 5.13 Å². The van der Waals surface area contributed by atoms with E-state index >= 15 is 0 Å². The van der Waals surface area contributed by atoms with Crippen LogP contribution >= 0.6 is 11.3 Å². The van der Waals surface area contributed by atoms with Crippen molar-refractivity contribution in [2.75, 3.05) is 19.0 Å². The molecule has 0 saturated heterocycles. The summed E-state index contributed by atoms with van der Waals surface area (Å²) in [5.74, 6) is 0.208. The molecule has 3 aromatic rings. The van der Waals surface area contributed by atoms with E-state index in [9.17, 15) is 13.2 Å². The number of sulfonamides is 1. The molecule has 0 aliphatic heterocycles. The zero-order chi connectivity index (χ0) is 20.9. The van der Waals surface area contributed by atoms with Crippen LogP contribution in [0.2, 0.25) is 0 Å². The van der Waals surface area contributed by atoms with Crippen LogP contribution in [0.5, 0.6) is 5.75 Å². The lowest BCUT2D eigenvalue weighted by Crippen LogP contribution is -2.27. The summed E-state index contributed by atoms with van der Waals surface area (Å²) in [6, 6.07) is 13.8. The predicted molar refractivity (Wildman–Crippen MR) is 112 cm³/mol. The van der Waals surface area contributed by atoms with Crippen molar-refractivity contribution < 1.29 is 17.9 Å². The first-order valence-corrected chi connectivity index (χ1v) is 11.0. The fourth-order valence-corrected chi connectivity index (χ4v) is 4.28. The van der Waals surface area contributed by atoms with Gasteiger partial charge in [0.25, 0.3) is 0 Å². The van der Waals surface area contributed by atoms with Crippen molar-refractivity contribution in [2.24, 2.45) is 0 Å². The molecule has 0 fully saturated rings. The van der Waals surface area contributed by atoms with E-state index in [-0.39, 0.29) is 23.8 Å². The normalized spacial score (nSPS) is 11.2. The molecule has 10 heteroatoms. The minimum Gasteiger partial charge on any atom is -0.497 e. The highest BCUT2D eigenvalue weighted by Gasteiger charge is 2.15. The number of aromatic nitrogens is 2. The standard InChI is InChI=1S/C19H20N4O4S2/c1-13-4-3-5-14(12-13)18-22-23-19(28-18)21-17(24)10-11-20-29(25,26)16-8-6-15(27-2)7-9-16/h3-9,12,20H,10-11H2,1-2H3,(H,21,23,24). The molecule has 0 atom stereocenters. The molecule has 0 aliphatic carbocycles. The molecular weight excluding hydrogens is 412 g/mol. The van der Waals surface area contributed by atoms with E-state index in [0.29, 0.717) is 15.9 Å². The number of hydrogen-bond donors (Lipinski definition) is 2. The Balaban J connectivity index is 1.52. The summed E-state index contributed by atoms with van der Waals surface area (Å²) in [6.45, 7) is 1.95. The van der Waals surface area contributed by atoms with Gasteiger partial charge in [0, 0.05) is 18.5 Å². The third kappa shape index (κ3) is 5.59. The summed E-state index contributed by atoms with van der Waals surface area (Å²) in [5, 5.41) is 11.8. The number of nitrogens with zero attached hydrogens (tertiary/aromatic N) is 2. The van der Waals surface area contributed by atoms with Crippen LogP contribution in [-0.4, -0.2) is 38.2 Å². The van der Waals surface area contributed by atoms with Crippen molar-refractivity contribution in [3.8, 4) is 16.3 Å². The zero-order valence-corrected chi connectivity index (χ0v) is 17.5. The quantitative estimate of drug-likeness (QED) is 0.566. The maximum atomic E-state index is 12.3. The molecule has 29 heavy (non-hydrogen) atoms. The number of methoxy groups -OCH3 is 1. The largest absolute Gasteiger partial charge is 0.497 e. The van der Waals surface area contributed by atoms with Gasteiger partial charge < -0.3 is 10.1 Å². The van der Waals surface area contributed by atoms with Crippen LogP contribution in [-0.2, 0) is 14.8 Å². The van der Waals surface area contributed by atoms with Gasteiger partial charge in [-0.3, -0.25) is 4.79 Å². The average molecular weight is 433 g/mol. The minimum atomic E-state index is -3.70. The van der Waals surface area contributed by atoms with E-state index in [4.69, 9.17) is 4.74 Å². The Labute approximate surface area is 173 Å². The van der Waals surface area contributed by atoms with Crippen molar-refractivity contribution in [3.05, 3.63) is 54.1 Å². The first-order chi connectivity index (χ1) is 13.9. The molecule has 1 amide bonds. The smallest absolute Gasteiger partial charge is 0.240 e. The highest BCUT2D eigenvalue weighted by Crippen LogP contribution is 2.26. The Morgan fingerprint density at radius 1 is 1.14 bits per heavy atom. The fourth-order valence-electron chi connectivity index (χ4n) is 2.49. The number of benzene rings is 2. The predicted octanol–water partition coefficient (Wildman–Crippen LogP) is 2.83. The Hall–Kier alpha value is -2.82. The summed E-state index contributed by atoms with van der Waals surface area (Å²) in [5.41, 5.74) is 2.03. The molecule has 3 rings (SSSR count). The van der Waals surface area contributed by atoms with Crippen LogP contribution in [0, 0.1) is 6.92 Å². The van der Waals surface area contributed by atoms with Gasteiger partial charge in [-0.1, -0.05) is 35.1 Å². The van der Waals surface area contributed by atoms with E-state index in [2.05, 4.69) is 20.2 Å². The molecular formula is C19H20N4O4S2. The summed E-state index contributed by atoms with van der Waals surface area (Å²) in [6.07, 6.45) is -0.0330. The van der Waals surface area contributed by atoms with Gasteiger partial charge in [0.05, 0.1) is 12.0 Å². The number of hydrogen-bond acceptors (Lipinski definition) is 7. The number of ether oxygens (including phenoxy) is 1. The van der Waals surface area contributed by atoms with Crippen molar-refractivity contribution in [3.63, 3.8) is 0 Å². The van der Waals surface area contributed by atoms with Crippen LogP contribution in [0.25, 0.3) is 10.6 Å². The zero-order valence-electron chi connectivity index (χ0n) is 15.9. The summed E-state index contributed by atoms with van der Waals surface area (Å²) >= 11 is 1.26. The molecule has 152 valence electrons. The second-order valence-corrected chi connectivity index (χ2v) is 8.90. The van der Waals surface area contributed by atoms with E-state index in [0.717, 1.165) is 11.1 Å². The summed E-state index contributed by atoms with van der Waals surface area (Å²) in [4.78, 5) is 12.2. The second-order valence-electron chi connectivity index (χ2n) is 6.15. The third-order valence-corrected chi connectivity index (χ3v) is 6.31. The second kappa shape index (κ2) is 9.12. The lowest BCUT2D eigenvalue weighted by molar-refractivity contribution is -0.116. The first kappa shape index (κ1) is 20.9. The van der Waals surface area contributed by atoms with Gasteiger partial charge in [-0.2, -0.15) is 0 Å². The number of amides is 1. The molecule has 1 heterocycles. The summed E-state index contributed by atoms with van der Waals surface area (Å²) in [7, 11) is -2.20. The maximum absolute atomic E-state index is 12.3. The fraction of sp³-hybridized carbons (Fsp3) is 0.211. The number of aryl methyl sites for hydroxylation is 1. The minimum absolute atomic E-state index is 0.0330. The Kier molecular flexibility index (Phi) is 6.57. The van der Waals surface area contributed by atoms with Gasteiger partial charge in [-0.05, 0) is 37.3 Å². The number of rotatable bonds is 8. The third-order valence-electron chi connectivity index (χ3n) is 3.95. The van der Waals surface area contributed by atoms with Crippen LogP contribution in [0.3, 0.4) is 0 Å². The maximum Gasteiger partial charge on any atom is 0.240 e. The average Bonchev–Trinajstić information content (AvgIpc) is 3.16. The van der Waals surface area contributed by atoms with Gasteiger partial charge in [-0.25, -0.2) is 13.1 Å². The lowest BCUT2D eigenvalue weighted by atomic mass is 10.1. The van der Waals surface area contributed by atoms with Crippen molar-refractivity contribution >= 4 is 32.4 Å². The number of nitrogens with one attached hydrogen (secondary N) is 2. The molecule has 0 spiro atoms. The monoisotopic (exact) mass is 432 g/mol. The first-order valence-electron chi connectivity index (χ1n) is 8.71. The van der Waals surface area contributed by atoms with E-state index in [1.165, 1.54) is 30.6 Å². The van der Waals surface area contributed by atoms with Crippen LogP contribution < -0.4 is 14.8 Å². The van der Waals surface area contributed by atoms with Crippen LogP contribution in [0.15, 0.2) is 53.4 Å². The molecule has 2 aromatic carbocycles. The number of anilines is 1. The molecule has 0 aliphatic rings.